The van der Waals surface area contributed by atoms with Crippen LogP contribution >= 0.6 is 0 Å². The number of hydrogen-bond acceptors (Lipinski definition) is 4. The standard InChI is InChI=1S/C10H14N2O5S/c1-6(2)11-18(16,17)12-7-3-4-9(13)8(5-7)10(14)15/h3-6,11-13H,1-2H3,(H,14,15). The summed E-state index contributed by atoms with van der Waals surface area (Å²) >= 11 is 0. The molecule has 0 saturated carbocycles. The van der Waals surface area contributed by atoms with Gasteiger partial charge in [-0.05, 0) is 32.0 Å². The Morgan fingerprint density at radius 2 is 1.94 bits per heavy atom. The zero-order valence-electron chi connectivity index (χ0n) is 9.84. The molecule has 0 saturated heterocycles. The molecule has 0 heterocycles. The van der Waals surface area contributed by atoms with E-state index in [1.807, 2.05) is 0 Å². The number of aromatic hydroxyl groups is 1. The number of carboxylic acids is 1. The first kappa shape index (κ1) is 14.3. The normalized spacial score (nSPS) is 11.5. The van der Waals surface area contributed by atoms with Gasteiger partial charge in [-0.2, -0.15) is 13.1 Å². The number of rotatable bonds is 5. The van der Waals surface area contributed by atoms with Gasteiger partial charge >= 0.3 is 5.97 Å². The number of nitrogens with one attached hydrogen (secondary N) is 2. The molecule has 0 atom stereocenters. The van der Waals surface area contributed by atoms with E-state index in [1.165, 1.54) is 6.07 Å². The molecule has 0 unspecified atom stereocenters. The van der Waals surface area contributed by atoms with E-state index in [-0.39, 0.29) is 17.3 Å². The van der Waals surface area contributed by atoms with Crippen molar-refractivity contribution in [2.75, 3.05) is 4.72 Å². The summed E-state index contributed by atoms with van der Waals surface area (Å²) in [7, 11) is -3.76. The molecule has 8 heteroatoms. The summed E-state index contributed by atoms with van der Waals surface area (Å²) in [6.45, 7) is 3.30. The first-order valence-electron chi connectivity index (χ1n) is 5.07. The monoisotopic (exact) mass is 274 g/mol. The predicted molar refractivity (Wildman–Crippen MR) is 65.9 cm³/mol. The highest BCUT2D eigenvalue weighted by molar-refractivity contribution is 7.90. The Bertz CT molecular complexity index is 553. The maximum atomic E-state index is 11.5. The van der Waals surface area contributed by atoms with Gasteiger partial charge in [0.05, 0.1) is 5.69 Å². The summed E-state index contributed by atoms with van der Waals surface area (Å²) in [4.78, 5) is 10.8. The van der Waals surface area contributed by atoms with Crippen LogP contribution in [0, 0.1) is 0 Å². The third-order valence-corrected chi connectivity index (χ3v) is 3.16. The van der Waals surface area contributed by atoms with Gasteiger partial charge in [-0.3, -0.25) is 4.72 Å². The fraction of sp³-hybridized carbons (Fsp3) is 0.300. The van der Waals surface area contributed by atoms with Gasteiger partial charge in [-0.1, -0.05) is 0 Å². The van der Waals surface area contributed by atoms with Crippen LogP contribution in [-0.4, -0.2) is 30.6 Å². The van der Waals surface area contributed by atoms with E-state index in [1.54, 1.807) is 13.8 Å². The molecule has 4 N–H and O–H groups in total. The molecule has 0 amide bonds. The SMILES string of the molecule is CC(C)NS(=O)(=O)Nc1ccc(O)c(C(=O)O)c1. The lowest BCUT2D eigenvalue weighted by Gasteiger charge is -2.12. The zero-order chi connectivity index (χ0) is 13.9. The Morgan fingerprint density at radius 1 is 1.33 bits per heavy atom. The zero-order valence-corrected chi connectivity index (χ0v) is 10.7. The molecule has 0 aromatic heterocycles. The molecule has 0 spiro atoms. The van der Waals surface area contributed by atoms with Gasteiger partial charge in [0.25, 0.3) is 10.2 Å². The third kappa shape index (κ3) is 3.90. The molecule has 0 aliphatic carbocycles. The van der Waals surface area contributed by atoms with Gasteiger partial charge in [0.1, 0.15) is 11.3 Å². The van der Waals surface area contributed by atoms with Crippen LogP contribution in [0.5, 0.6) is 5.75 Å². The van der Waals surface area contributed by atoms with Crippen molar-refractivity contribution in [3.05, 3.63) is 23.8 Å². The van der Waals surface area contributed by atoms with Gasteiger partial charge in [0.15, 0.2) is 0 Å². The van der Waals surface area contributed by atoms with Crippen LogP contribution < -0.4 is 9.44 Å². The van der Waals surface area contributed by atoms with Crippen molar-refractivity contribution in [1.29, 1.82) is 0 Å². The molecule has 0 bridgehead atoms. The van der Waals surface area contributed by atoms with E-state index in [0.717, 1.165) is 12.1 Å². The van der Waals surface area contributed by atoms with Crippen molar-refractivity contribution < 1.29 is 23.4 Å². The highest BCUT2D eigenvalue weighted by atomic mass is 32.2. The Morgan fingerprint density at radius 3 is 2.44 bits per heavy atom. The number of carboxylic acid groups (broad SMARTS) is 1. The molecule has 0 aliphatic heterocycles. The molecule has 0 aliphatic rings. The largest absolute Gasteiger partial charge is 0.507 e. The van der Waals surface area contributed by atoms with Crippen molar-refractivity contribution in [1.82, 2.24) is 4.72 Å². The van der Waals surface area contributed by atoms with Crippen molar-refractivity contribution in [2.45, 2.75) is 19.9 Å². The molecule has 1 aromatic carbocycles. The summed E-state index contributed by atoms with van der Waals surface area (Å²) in [5.74, 6) is -1.77. The van der Waals surface area contributed by atoms with Crippen molar-refractivity contribution in [3.63, 3.8) is 0 Å². The van der Waals surface area contributed by atoms with Crippen LogP contribution in [-0.2, 0) is 10.2 Å². The summed E-state index contributed by atoms with van der Waals surface area (Å²) in [6.07, 6.45) is 0. The van der Waals surface area contributed by atoms with Crippen LogP contribution in [0.3, 0.4) is 0 Å². The van der Waals surface area contributed by atoms with Gasteiger partial charge in [-0.15, -0.1) is 0 Å². The topological polar surface area (TPSA) is 116 Å². The first-order valence-corrected chi connectivity index (χ1v) is 6.56. The van der Waals surface area contributed by atoms with Crippen molar-refractivity contribution in [3.8, 4) is 5.75 Å². The lowest BCUT2D eigenvalue weighted by Crippen LogP contribution is -2.35. The second-order valence-electron chi connectivity index (χ2n) is 3.92. The minimum absolute atomic E-state index is 0.0540. The number of benzene rings is 1. The second kappa shape index (κ2) is 5.23. The van der Waals surface area contributed by atoms with Crippen LogP contribution in [0.15, 0.2) is 18.2 Å². The molecule has 0 fully saturated rings. The van der Waals surface area contributed by atoms with Crippen LogP contribution in [0.25, 0.3) is 0 Å². The number of phenols is 1. The van der Waals surface area contributed by atoms with Gasteiger partial charge in [0, 0.05) is 6.04 Å². The summed E-state index contributed by atoms with van der Waals surface area (Å²) in [5.41, 5.74) is -0.321. The van der Waals surface area contributed by atoms with Crippen LogP contribution in [0.1, 0.15) is 24.2 Å². The summed E-state index contributed by atoms with van der Waals surface area (Å²) in [5, 5.41) is 18.1. The third-order valence-electron chi connectivity index (χ3n) is 1.87. The average molecular weight is 274 g/mol. The maximum absolute atomic E-state index is 11.5. The fourth-order valence-corrected chi connectivity index (χ4v) is 2.38. The van der Waals surface area contributed by atoms with E-state index >= 15 is 0 Å². The van der Waals surface area contributed by atoms with Crippen LogP contribution in [0.4, 0.5) is 5.69 Å². The fourth-order valence-electron chi connectivity index (χ4n) is 1.27. The lowest BCUT2D eigenvalue weighted by atomic mass is 10.2. The number of anilines is 1. The highest BCUT2D eigenvalue weighted by Crippen LogP contribution is 2.21. The molecule has 7 nitrogen and oxygen atoms in total. The highest BCUT2D eigenvalue weighted by Gasteiger charge is 2.14. The Balaban J connectivity index is 2.99. The first-order chi connectivity index (χ1) is 8.21. The molecular weight excluding hydrogens is 260 g/mol. The molecule has 18 heavy (non-hydrogen) atoms. The second-order valence-corrected chi connectivity index (χ2v) is 5.36. The Kier molecular flexibility index (Phi) is 4.15. The molecule has 1 aromatic rings. The average Bonchev–Trinajstić information content (AvgIpc) is 2.18. The Hall–Kier alpha value is -1.80. The van der Waals surface area contributed by atoms with Crippen molar-refractivity contribution >= 4 is 21.9 Å². The smallest absolute Gasteiger partial charge is 0.339 e. The predicted octanol–water partition coefficient (Wildman–Crippen LogP) is 0.745. The van der Waals surface area contributed by atoms with Gasteiger partial charge < -0.3 is 10.2 Å². The number of carbonyl (C=O) groups is 1. The number of hydrogen-bond donors (Lipinski definition) is 4. The maximum Gasteiger partial charge on any atom is 0.339 e. The molecular formula is C10H14N2O5S. The van der Waals surface area contributed by atoms with E-state index in [9.17, 15) is 18.3 Å². The van der Waals surface area contributed by atoms with Gasteiger partial charge in [-0.25, -0.2) is 4.79 Å². The molecule has 100 valence electrons. The Labute approximate surface area is 105 Å². The van der Waals surface area contributed by atoms with Gasteiger partial charge in [0.2, 0.25) is 0 Å². The minimum atomic E-state index is -3.76. The van der Waals surface area contributed by atoms with Crippen LogP contribution in [0.2, 0.25) is 0 Å². The number of aromatic carboxylic acids is 1. The summed E-state index contributed by atoms with van der Waals surface area (Å²) in [6, 6.07) is 3.12. The minimum Gasteiger partial charge on any atom is -0.507 e. The van der Waals surface area contributed by atoms with E-state index < -0.39 is 21.9 Å². The van der Waals surface area contributed by atoms with Crippen molar-refractivity contribution in [2.24, 2.45) is 0 Å². The molecule has 0 radical (unpaired) electrons. The quantitative estimate of drug-likeness (QED) is 0.591. The van der Waals surface area contributed by atoms with E-state index in [2.05, 4.69) is 9.44 Å². The van der Waals surface area contributed by atoms with E-state index in [0.29, 0.717) is 0 Å². The molecule has 1 rings (SSSR count). The lowest BCUT2D eigenvalue weighted by molar-refractivity contribution is 0.0694. The van der Waals surface area contributed by atoms with E-state index in [4.69, 9.17) is 5.11 Å². The summed E-state index contributed by atoms with van der Waals surface area (Å²) < 4.78 is 27.5.